The van der Waals surface area contributed by atoms with E-state index in [1.165, 1.54) is 0 Å². The van der Waals surface area contributed by atoms with Gasteiger partial charge in [-0.2, -0.15) is 0 Å². The first-order valence-corrected chi connectivity index (χ1v) is 6.96. The molecule has 0 aromatic carbocycles. The molecule has 3 rings (SSSR count). The molecule has 1 atom stereocenters. The van der Waals surface area contributed by atoms with Crippen molar-refractivity contribution < 1.29 is 4.79 Å². The molecule has 4 nitrogen and oxygen atoms in total. The highest BCUT2D eigenvalue weighted by Gasteiger charge is 2.30. The molecular formula is C15H14ClN3O. The summed E-state index contributed by atoms with van der Waals surface area (Å²) in [6.45, 7) is 0.762. The number of carbonyl (C=O) groups is 1. The molecule has 1 amide bonds. The van der Waals surface area contributed by atoms with Crippen LogP contribution in [-0.4, -0.2) is 27.3 Å². The molecule has 3 heterocycles. The molecule has 0 spiro atoms. The zero-order valence-electron chi connectivity index (χ0n) is 10.9. The van der Waals surface area contributed by atoms with Gasteiger partial charge < -0.3 is 4.90 Å². The zero-order chi connectivity index (χ0) is 13.9. The van der Waals surface area contributed by atoms with Gasteiger partial charge >= 0.3 is 0 Å². The van der Waals surface area contributed by atoms with Gasteiger partial charge in [0.05, 0.1) is 6.04 Å². The van der Waals surface area contributed by atoms with Gasteiger partial charge in [-0.05, 0) is 36.6 Å². The first-order valence-electron chi connectivity index (χ1n) is 6.58. The van der Waals surface area contributed by atoms with Crippen LogP contribution in [0.1, 0.15) is 34.8 Å². The molecule has 0 saturated carbocycles. The van der Waals surface area contributed by atoms with Crippen LogP contribution in [-0.2, 0) is 0 Å². The van der Waals surface area contributed by atoms with E-state index in [2.05, 4.69) is 9.97 Å². The van der Waals surface area contributed by atoms with E-state index in [4.69, 9.17) is 11.6 Å². The minimum atomic E-state index is 0.000605. The molecule has 20 heavy (non-hydrogen) atoms. The highest BCUT2D eigenvalue weighted by Crippen LogP contribution is 2.32. The first kappa shape index (κ1) is 13.1. The molecule has 0 radical (unpaired) electrons. The molecule has 1 unspecified atom stereocenters. The Morgan fingerprint density at radius 2 is 2.25 bits per heavy atom. The van der Waals surface area contributed by atoms with Crippen LogP contribution in [0.4, 0.5) is 0 Å². The van der Waals surface area contributed by atoms with Gasteiger partial charge in [-0.1, -0.05) is 17.7 Å². The number of hydrogen-bond acceptors (Lipinski definition) is 3. The quantitative estimate of drug-likeness (QED) is 0.797. The zero-order valence-corrected chi connectivity index (χ0v) is 11.6. The summed E-state index contributed by atoms with van der Waals surface area (Å²) in [6, 6.07) is 7.33. The van der Waals surface area contributed by atoms with Crippen LogP contribution >= 0.6 is 11.6 Å². The predicted octanol–water partition coefficient (Wildman–Crippen LogP) is 3.11. The number of carbonyl (C=O) groups excluding carboxylic acids is 1. The lowest BCUT2D eigenvalue weighted by Gasteiger charge is -2.25. The normalized spacial score (nSPS) is 18.2. The lowest BCUT2D eigenvalue weighted by atomic mass is 10.1. The fourth-order valence-corrected chi connectivity index (χ4v) is 2.80. The third kappa shape index (κ3) is 2.51. The molecule has 5 heteroatoms. The van der Waals surface area contributed by atoms with Crippen LogP contribution in [0.5, 0.6) is 0 Å². The van der Waals surface area contributed by atoms with Crippen molar-refractivity contribution in [1.29, 1.82) is 0 Å². The number of hydrogen-bond donors (Lipinski definition) is 0. The Balaban J connectivity index is 1.87. The average Bonchev–Trinajstić information content (AvgIpc) is 2.97. The number of likely N-dealkylation sites (tertiary alicyclic amines) is 1. The summed E-state index contributed by atoms with van der Waals surface area (Å²) in [5.74, 6) is 0.000605. The van der Waals surface area contributed by atoms with Crippen LogP contribution in [0.3, 0.4) is 0 Å². The SMILES string of the molecule is O=C(c1ccnc(Cl)c1)N1CCCC1c1cccnc1. The Morgan fingerprint density at radius 1 is 1.35 bits per heavy atom. The topological polar surface area (TPSA) is 46.1 Å². The smallest absolute Gasteiger partial charge is 0.254 e. The lowest BCUT2D eigenvalue weighted by Crippen LogP contribution is -2.30. The molecule has 1 fully saturated rings. The molecule has 2 aromatic rings. The Bertz CT molecular complexity index is 618. The summed E-state index contributed by atoms with van der Waals surface area (Å²) in [5.41, 5.74) is 1.67. The second kappa shape index (κ2) is 5.59. The molecule has 0 bridgehead atoms. The van der Waals surface area contributed by atoms with E-state index in [0.29, 0.717) is 10.7 Å². The van der Waals surface area contributed by atoms with Crippen molar-refractivity contribution in [1.82, 2.24) is 14.9 Å². The Hall–Kier alpha value is -1.94. The summed E-state index contributed by atoms with van der Waals surface area (Å²) >= 11 is 5.86. The Labute approximate surface area is 122 Å². The van der Waals surface area contributed by atoms with Gasteiger partial charge in [-0.3, -0.25) is 9.78 Å². The largest absolute Gasteiger partial charge is 0.332 e. The van der Waals surface area contributed by atoms with E-state index in [0.717, 1.165) is 24.9 Å². The van der Waals surface area contributed by atoms with Crippen LogP contribution < -0.4 is 0 Å². The number of halogens is 1. The number of aromatic nitrogens is 2. The monoisotopic (exact) mass is 287 g/mol. The minimum absolute atomic E-state index is 0.000605. The Morgan fingerprint density at radius 3 is 3.00 bits per heavy atom. The second-order valence-corrected chi connectivity index (χ2v) is 5.20. The molecule has 2 aromatic heterocycles. The fourth-order valence-electron chi connectivity index (χ4n) is 2.63. The van der Waals surface area contributed by atoms with Gasteiger partial charge in [0.25, 0.3) is 5.91 Å². The summed E-state index contributed by atoms with van der Waals surface area (Å²) in [5, 5.41) is 0.341. The maximum absolute atomic E-state index is 12.6. The Kier molecular flexibility index (Phi) is 3.65. The van der Waals surface area contributed by atoms with E-state index >= 15 is 0 Å². The number of nitrogens with zero attached hydrogens (tertiary/aromatic N) is 3. The standard InChI is InChI=1S/C15H14ClN3O/c16-14-9-11(5-7-18-14)15(20)19-8-2-4-13(19)12-3-1-6-17-10-12/h1,3,5-7,9-10,13H,2,4,8H2. The van der Waals surface area contributed by atoms with Gasteiger partial charge in [-0.15, -0.1) is 0 Å². The number of rotatable bonds is 2. The average molecular weight is 288 g/mol. The van der Waals surface area contributed by atoms with E-state index < -0.39 is 0 Å². The van der Waals surface area contributed by atoms with Crippen molar-refractivity contribution >= 4 is 17.5 Å². The molecule has 0 N–H and O–H groups in total. The highest BCUT2D eigenvalue weighted by molar-refractivity contribution is 6.29. The molecular weight excluding hydrogens is 274 g/mol. The lowest BCUT2D eigenvalue weighted by molar-refractivity contribution is 0.0735. The molecule has 102 valence electrons. The number of pyridine rings is 2. The summed E-state index contributed by atoms with van der Waals surface area (Å²) < 4.78 is 0. The van der Waals surface area contributed by atoms with E-state index in [1.54, 1.807) is 24.5 Å². The second-order valence-electron chi connectivity index (χ2n) is 4.81. The fraction of sp³-hybridized carbons (Fsp3) is 0.267. The van der Waals surface area contributed by atoms with Crippen LogP contribution in [0.25, 0.3) is 0 Å². The third-order valence-electron chi connectivity index (χ3n) is 3.56. The summed E-state index contributed by atoms with van der Waals surface area (Å²) in [4.78, 5) is 22.5. The number of amides is 1. The van der Waals surface area contributed by atoms with Crippen LogP contribution in [0.2, 0.25) is 5.15 Å². The van der Waals surface area contributed by atoms with Crippen LogP contribution in [0, 0.1) is 0 Å². The first-order chi connectivity index (χ1) is 9.75. The van der Waals surface area contributed by atoms with Crippen molar-refractivity contribution in [3.8, 4) is 0 Å². The maximum atomic E-state index is 12.6. The van der Waals surface area contributed by atoms with Crippen LogP contribution in [0.15, 0.2) is 42.9 Å². The van der Waals surface area contributed by atoms with Gasteiger partial charge in [-0.25, -0.2) is 4.98 Å². The third-order valence-corrected chi connectivity index (χ3v) is 3.76. The molecule has 1 saturated heterocycles. The van der Waals surface area contributed by atoms with Gasteiger partial charge in [0.2, 0.25) is 0 Å². The van der Waals surface area contributed by atoms with Gasteiger partial charge in [0.1, 0.15) is 5.15 Å². The minimum Gasteiger partial charge on any atom is -0.332 e. The van der Waals surface area contributed by atoms with E-state index in [1.807, 2.05) is 23.2 Å². The van der Waals surface area contributed by atoms with Crippen molar-refractivity contribution in [3.63, 3.8) is 0 Å². The highest BCUT2D eigenvalue weighted by atomic mass is 35.5. The van der Waals surface area contributed by atoms with E-state index in [-0.39, 0.29) is 11.9 Å². The van der Waals surface area contributed by atoms with Gasteiger partial charge in [0, 0.05) is 30.7 Å². The molecule has 0 aliphatic carbocycles. The molecule has 1 aliphatic rings. The summed E-state index contributed by atoms with van der Waals surface area (Å²) in [7, 11) is 0. The van der Waals surface area contributed by atoms with Crippen molar-refractivity contribution in [2.45, 2.75) is 18.9 Å². The van der Waals surface area contributed by atoms with Crippen molar-refractivity contribution in [3.05, 3.63) is 59.1 Å². The van der Waals surface area contributed by atoms with Crippen molar-refractivity contribution in [2.24, 2.45) is 0 Å². The summed E-state index contributed by atoms with van der Waals surface area (Å²) in [6.07, 6.45) is 7.11. The molecule has 1 aliphatic heterocycles. The van der Waals surface area contributed by atoms with Gasteiger partial charge in [0.15, 0.2) is 0 Å². The van der Waals surface area contributed by atoms with E-state index in [9.17, 15) is 4.79 Å². The predicted molar refractivity (Wildman–Crippen MR) is 76.5 cm³/mol. The maximum Gasteiger partial charge on any atom is 0.254 e. The van der Waals surface area contributed by atoms with Crippen molar-refractivity contribution in [2.75, 3.05) is 6.54 Å².